The van der Waals surface area contributed by atoms with Gasteiger partial charge in [0.25, 0.3) is 5.56 Å². The molecule has 178 valence electrons. The zero-order valence-corrected chi connectivity index (χ0v) is 19.9. The summed E-state index contributed by atoms with van der Waals surface area (Å²) in [6.45, 7) is 12.1. The van der Waals surface area contributed by atoms with Crippen LogP contribution >= 0.6 is 0 Å². The van der Waals surface area contributed by atoms with Crippen LogP contribution in [0.2, 0.25) is 0 Å². The van der Waals surface area contributed by atoms with E-state index in [-0.39, 0.29) is 11.2 Å². The Morgan fingerprint density at radius 3 is 2.31 bits per heavy atom. The van der Waals surface area contributed by atoms with E-state index < -0.39 is 0 Å². The maximum atomic E-state index is 12.6. The number of piperidine rings is 1. The largest absolute Gasteiger partial charge is 0.330 e. The topological polar surface area (TPSA) is 79.2 Å². The molecule has 4 heterocycles. The lowest BCUT2D eigenvalue weighted by atomic mass is 9.96. The third-order valence-electron chi connectivity index (χ3n) is 7.30. The van der Waals surface area contributed by atoms with E-state index in [1.807, 2.05) is 11.5 Å². The molecule has 8 heteroatoms. The molecule has 0 spiro atoms. The van der Waals surface area contributed by atoms with Crippen LogP contribution < -0.4 is 11.2 Å². The third-order valence-corrected chi connectivity index (χ3v) is 7.30. The van der Waals surface area contributed by atoms with Crippen LogP contribution in [0.25, 0.3) is 11.2 Å². The second kappa shape index (κ2) is 10.8. The minimum absolute atomic E-state index is 0.325. The highest BCUT2D eigenvalue weighted by atomic mass is 16.2. The van der Waals surface area contributed by atoms with Crippen molar-refractivity contribution in [3.63, 3.8) is 0 Å². The van der Waals surface area contributed by atoms with E-state index in [0.29, 0.717) is 24.3 Å². The molecule has 1 N–H and O–H groups in total. The summed E-state index contributed by atoms with van der Waals surface area (Å²) in [4.78, 5) is 37.5. The minimum Gasteiger partial charge on any atom is -0.321 e. The fourth-order valence-corrected chi connectivity index (χ4v) is 5.41. The van der Waals surface area contributed by atoms with Gasteiger partial charge in [0, 0.05) is 19.6 Å². The van der Waals surface area contributed by atoms with Gasteiger partial charge in [0.05, 0.1) is 6.54 Å². The summed E-state index contributed by atoms with van der Waals surface area (Å²) in [5.41, 5.74) is 0.404. The highest BCUT2D eigenvalue weighted by Crippen LogP contribution is 2.22. The molecule has 0 bridgehead atoms. The minimum atomic E-state index is -0.349. The molecule has 32 heavy (non-hydrogen) atoms. The van der Waals surface area contributed by atoms with Crippen LogP contribution in [-0.2, 0) is 19.6 Å². The molecule has 2 aromatic heterocycles. The van der Waals surface area contributed by atoms with Crippen molar-refractivity contribution in [3.05, 3.63) is 26.7 Å². The molecule has 0 aliphatic carbocycles. The van der Waals surface area contributed by atoms with Crippen molar-refractivity contribution in [2.75, 3.05) is 32.7 Å². The summed E-state index contributed by atoms with van der Waals surface area (Å²) >= 11 is 0. The van der Waals surface area contributed by atoms with E-state index in [1.165, 1.54) is 58.2 Å². The highest BCUT2D eigenvalue weighted by Gasteiger charge is 2.24. The van der Waals surface area contributed by atoms with Gasteiger partial charge in [-0.1, -0.05) is 26.2 Å². The van der Waals surface area contributed by atoms with Gasteiger partial charge in [0.15, 0.2) is 11.2 Å². The summed E-state index contributed by atoms with van der Waals surface area (Å²) in [6.07, 6.45) is 9.82. The first-order valence-corrected chi connectivity index (χ1v) is 12.8. The lowest BCUT2D eigenvalue weighted by molar-refractivity contribution is 0.137. The quantitative estimate of drug-likeness (QED) is 0.677. The van der Waals surface area contributed by atoms with Crippen LogP contribution in [0.4, 0.5) is 0 Å². The van der Waals surface area contributed by atoms with Gasteiger partial charge < -0.3 is 9.47 Å². The number of aryl methyl sites for hydroxylation is 2. The fraction of sp³-hybridized carbons (Fsp3) is 0.792. The van der Waals surface area contributed by atoms with Crippen LogP contribution in [-0.4, -0.2) is 61.6 Å². The Bertz CT molecular complexity index is 990. The van der Waals surface area contributed by atoms with Crippen molar-refractivity contribution in [1.82, 2.24) is 28.9 Å². The maximum Gasteiger partial charge on any atom is 0.330 e. The lowest BCUT2D eigenvalue weighted by Gasteiger charge is -2.34. The van der Waals surface area contributed by atoms with Crippen LogP contribution in [0.5, 0.6) is 0 Å². The number of aromatic nitrogens is 4. The maximum absolute atomic E-state index is 12.6. The molecule has 2 aromatic rings. The smallest absolute Gasteiger partial charge is 0.321 e. The number of aromatic amines is 1. The Balaban J connectivity index is 1.45. The van der Waals surface area contributed by atoms with Gasteiger partial charge >= 0.3 is 5.69 Å². The van der Waals surface area contributed by atoms with Crippen LogP contribution in [0.1, 0.15) is 71.0 Å². The van der Waals surface area contributed by atoms with E-state index in [2.05, 4.69) is 21.7 Å². The third kappa shape index (κ3) is 5.17. The van der Waals surface area contributed by atoms with Gasteiger partial charge in [-0.05, 0) is 71.1 Å². The Kier molecular flexibility index (Phi) is 7.84. The zero-order valence-electron chi connectivity index (χ0n) is 19.9. The predicted octanol–water partition coefficient (Wildman–Crippen LogP) is 2.79. The predicted molar refractivity (Wildman–Crippen MR) is 128 cm³/mol. The van der Waals surface area contributed by atoms with Gasteiger partial charge in [-0.3, -0.25) is 19.2 Å². The van der Waals surface area contributed by atoms with Gasteiger partial charge in [-0.15, -0.1) is 0 Å². The number of unbranched alkanes of at least 4 members (excludes halogenated alkanes) is 1. The van der Waals surface area contributed by atoms with Gasteiger partial charge in [0.1, 0.15) is 5.82 Å². The number of H-pyrrole nitrogens is 1. The molecule has 0 saturated carbocycles. The summed E-state index contributed by atoms with van der Waals surface area (Å²) < 4.78 is 3.64. The number of likely N-dealkylation sites (tertiary alicyclic amines) is 2. The molecular weight excluding hydrogens is 404 g/mol. The molecule has 2 aliphatic heterocycles. The van der Waals surface area contributed by atoms with Crippen molar-refractivity contribution in [3.8, 4) is 0 Å². The standard InChI is InChI=1S/C24H40N6O2/c1-3-5-14-30-22-21(23(31)26-24(30)32)29(4-2)20(25-22)18-28-15-10-19(11-16-28)17-27-12-8-6-7-9-13-27/h19H,3-18H2,1-2H3,(H,26,31,32). The Labute approximate surface area is 190 Å². The highest BCUT2D eigenvalue weighted by molar-refractivity contribution is 5.71. The average molecular weight is 445 g/mol. The molecule has 0 unspecified atom stereocenters. The van der Waals surface area contributed by atoms with Gasteiger partial charge in [-0.25, -0.2) is 9.78 Å². The van der Waals surface area contributed by atoms with E-state index in [0.717, 1.165) is 44.2 Å². The Morgan fingerprint density at radius 2 is 1.66 bits per heavy atom. The SMILES string of the molecule is CCCCn1c(=O)[nH]c(=O)c2c1nc(CN1CCC(CN3CCCCCC3)CC1)n2CC. The molecule has 0 atom stereocenters. The molecule has 0 radical (unpaired) electrons. The van der Waals surface area contributed by atoms with Crippen LogP contribution in [0.3, 0.4) is 0 Å². The summed E-state index contributed by atoms with van der Waals surface area (Å²) in [5.74, 6) is 1.69. The number of nitrogens with one attached hydrogen (secondary N) is 1. The Morgan fingerprint density at radius 1 is 0.938 bits per heavy atom. The zero-order chi connectivity index (χ0) is 22.5. The van der Waals surface area contributed by atoms with E-state index >= 15 is 0 Å². The normalized spacial score (nSPS) is 19.6. The average Bonchev–Trinajstić information content (AvgIpc) is 2.95. The summed E-state index contributed by atoms with van der Waals surface area (Å²) in [6, 6.07) is 0. The first kappa shape index (κ1) is 23.2. The molecule has 0 amide bonds. The first-order chi connectivity index (χ1) is 15.6. The van der Waals surface area contributed by atoms with Crippen molar-refractivity contribution >= 4 is 11.2 Å². The molecule has 4 rings (SSSR count). The second-order valence-electron chi connectivity index (χ2n) is 9.64. The van der Waals surface area contributed by atoms with Crippen molar-refractivity contribution in [2.24, 2.45) is 5.92 Å². The molecule has 0 aromatic carbocycles. The van der Waals surface area contributed by atoms with Crippen LogP contribution in [0, 0.1) is 5.92 Å². The van der Waals surface area contributed by atoms with Gasteiger partial charge in [-0.2, -0.15) is 0 Å². The number of fused-ring (bicyclic) bond motifs is 1. The fourth-order valence-electron chi connectivity index (χ4n) is 5.41. The molecule has 8 nitrogen and oxygen atoms in total. The van der Waals surface area contributed by atoms with Crippen molar-refractivity contribution in [1.29, 1.82) is 0 Å². The van der Waals surface area contributed by atoms with E-state index in [4.69, 9.17) is 4.98 Å². The van der Waals surface area contributed by atoms with Crippen molar-refractivity contribution in [2.45, 2.75) is 84.8 Å². The first-order valence-electron chi connectivity index (χ1n) is 12.8. The second-order valence-corrected chi connectivity index (χ2v) is 9.64. The molecular formula is C24H40N6O2. The number of hydrogen-bond acceptors (Lipinski definition) is 5. The monoisotopic (exact) mass is 444 g/mol. The number of nitrogens with zero attached hydrogens (tertiary/aromatic N) is 5. The van der Waals surface area contributed by atoms with Crippen LogP contribution in [0.15, 0.2) is 9.59 Å². The molecule has 2 saturated heterocycles. The Hall–Kier alpha value is -1.93. The van der Waals surface area contributed by atoms with E-state index in [9.17, 15) is 9.59 Å². The van der Waals surface area contributed by atoms with Gasteiger partial charge in [0.2, 0.25) is 0 Å². The molecule has 2 fully saturated rings. The molecule has 2 aliphatic rings. The number of hydrogen-bond donors (Lipinski definition) is 1. The summed E-state index contributed by atoms with van der Waals surface area (Å²) in [5, 5.41) is 0. The number of rotatable bonds is 8. The number of imidazole rings is 1. The summed E-state index contributed by atoms with van der Waals surface area (Å²) in [7, 11) is 0. The lowest BCUT2D eigenvalue weighted by Crippen LogP contribution is -2.39. The van der Waals surface area contributed by atoms with Crippen molar-refractivity contribution < 1.29 is 0 Å². The van der Waals surface area contributed by atoms with E-state index in [1.54, 1.807) is 4.57 Å².